The maximum atomic E-state index is 11.6. The fourth-order valence-corrected chi connectivity index (χ4v) is 2.36. The Morgan fingerprint density at radius 3 is 2.38 bits per heavy atom. The highest BCUT2D eigenvalue weighted by atomic mass is 79.9. The zero-order chi connectivity index (χ0) is 12.6. The molecule has 1 unspecified atom stereocenters. The number of hydrogen-bond donors (Lipinski definition) is 1. The Kier molecular flexibility index (Phi) is 8.08. The van der Waals surface area contributed by atoms with E-state index in [1.165, 1.54) is 12.8 Å². The maximum Gasteiger partial charge on any atom is 0.220 e. The first-order valence-electron chi connectivity index (χ1n) is 6.21. The molecule has 16 heavy (non-hydrogen) atoms. The van der Waals surface area contributed by atoms with E-state index >= 15 is 0 Å². The van der Waals surface area contributed by atoms with Crippen molar-refractivity contribution in [3.8, 4) is 0 Å². The molecule has 0 aromatic carbocycles. The van der Waals surface area contributed by atoms with Crippen LogP contribution in [-0.2, 0) is 4.79 Å². The van der Waals surface area contributed by atoms with E-state index in [1.54, 1.807) is 0 Å². The van der Waals surface area contributed by atoms with Crippen molar-refractivity contribution in [2.45, 2.75) is 53.4 Å². The van der Waals surface area contributed by atoms with Gasteiger partial charge in [0.1, 0.15) is 0 Å². The Hall–Kier alpha value is -0.0500. The first kappa shape index (κ1) is 16.0. The molecule has 0 aliphatic carbocycles. The number of halogens is 1. The minimum Gasteiger partial charge on any atom is -0.356 e. The minimum atomic E-state index is 0.0831. The molecule has 1 N–H and O–H groups in total. The third-order valence-electron chi connectivity index (χ3n) is 2.49. The summed E-state index contributed by atoms with van der Waals surface area (Å²) < 4.78 is 0. The molecule has 0 rings (SSSR count). The van der Waals surface area contributed by atoms with Gasteiger partial charge in [0.2, 0.25) is 5.91 Å². The van der Waals surface area contributed by atoms with Gasteiger partial charge in [-0.25, -0.2) is 0 Å². The van der Waals surface area contributed by atoms with Gasteiger partial charge >= 0.3 is 0 Å². The lowest BCUT2D eigenvalue weighted by Crippen LogP contribution is -2.32. The van der Waals surface area contributed by atoms with Gasteiger partial charge in [-0.15, -0.1) is 0 Å². The first-order valence-corrected chi connectivity index (χ1v) is 7.34. The van der Waals surface area contributed by atoms with Crippen molar-refractivity contribution in [3.05, 3.63) is 0 Å². The van der Waals surface area contributed by atoms with Crippen LogP contribution in [0, 0.1) is 11.3 Å². The molecule has 0 saturated heterocycles. The second-order valence-corrected chi connectivity index (χ2v) is 6.47. The van der Waals surface area contributed by atoms with E-state index in [1.807, 2.05) is 0 Å². The van der Waals surface area contributed by atoms with E-state index in [-0.39, 0.29) is 11.3 Å². The first-order chi connectivity index (χ1) is 7.39. The van der Waals surface area contributed by atoms with Crippen LogP contribution in [0.25, 0.3) is 0 Å². The third kappa shape index (κ3) is 9.20. The molecular formula is C13H26BrNO. The van der Waals surface area contributed by atoms with Gasteiger partial charge in [-0.1, -0.05) is 50.0 Å². The van der Waals surface area contributed by atoms with Crippen LogP contribution in [0.2, 0.25) is 0 Å². The van der Waals surface area contributed by atoms with E-state index in [4.69, 9.17) is 0 Å². The molecule has 0 aliphatic rings. The van der Waals surface area contributed by atoms with Gasteiger partial charge in [0.05, 0.1) is 0 Å². The average molecular weight is 292 g/mol. The van der Waals surface area contributed by atoms with Crippen molar-refractivity contribution in [3.63, 3.8) is 0 Å². The quantitative estimate of drug-likeness (QED) is 0.712. The fourth-order valence-electron chi connectivity index (χ4n) is 1.71. The Morgan fingerprint density at radius 1 is 1.31 bits per heavy atom. The molecule has 1 atom stereocenters. The summed E-state index contributed by atoms with van der Waals surface area (Å²) in [5.41, 5.74) is 0.0831. The molecule has 3 heteroatoms. The van der Waals surface area contributed by atoms with Gasteiger partial charge in [-0.2, -0.15) is 0 Å². The van der Waals surface area contributed by atoms with Crippen molar-refractivity contribution in [2.24, 2.45) is 11.3 Å². The van der Waals surface area contributed by atoms with Crippen LogP contribution < -0.4 is 5.32 Å². The van der Waals surface area contributed by atoms with Gasteiger partial charge in [-0.3, -0.25) is 4.79 Å². The predicted molar refractivity (Wildman–Crippen MR) is 73.9 cm³/mol. The minimum absolute atomic E-state index is 0.0831. The Morgan fingerprint density at radius 2 is 1.94 bits per heavy atom. The smallest absolute Gasteiger partial charge is 0.220 e. The molecule has 0 heterocycles. The zero-order valence-electron chi connectivity index (χ0n) is 11.1. The van der Waals surface area contributed by atoms with Gasteiger partial charge in [-0.05, 0) is 24.2 Å². The normalized spacial score (nSPS) is 13.6. The largest absolute Gasteiger partial charge is 0.356 e. The van der Waals surface area contributed by atoms with E-state index in [9.17, 15) is 4.79 Å². The SMILES string of the molecule is CCCC(CCBr)CNC(=O)CC(C)(C)C. The number of carbonyl (C=O) groups is 1. The lowest BCUT2D eigenvalue weighted by atomic mass is 9.92. The summed E-state index contributed by atoms with van der Waals surface area (Å²) in [6.07, 6.45) is 4.14. The molecule has 0 aromatic rings. The summed E-state index contributed by atoms with van der Waals surface area (Å²) in [5.74, 6) is 0.802. The monoisotopic (exact) mass is 291 g/mol. The third-order valence-corrected chi connectivity index (χ3v) is 2.95. The van der Waals surface area contributed by atoms with Crippen LogP contribution in [0.4, 0.5) is 0 Å². The summed E-state index contributed by atoms with van der Waals surface area (Å²) in [5, 5.41) is 4.07. The summed E-state index contributed by atoms with van der Waals surface area (Å²) in [7, 11) is 0. The van der Waals surface area contributed by atoms with E-state index in [0.717, 1.165) is 18.3 Å². The second kappa shape index (κ2) is 8.10. The van der Waals surface area contributed by atoms with Gasteiger partial charge in [0, 0.05) is 18.3 Å². The number of nitrogens with one attached hydrogen (secondary N) is 1. The van der Waals surface area contributed by atoms with Crippen LogP contribution in [0.1, 0.15) is 53.4 Å². The van der Waals surface area contributed by atoms with Crippen molar-refractivity contribution >= 4 is 21.8 Å². The summed E-state index contributed by atoms with van der Waals surface area (Å²) in [6.45, 7) is 9.30. The Labute approximate surface area is 109 Å². The highest BCUT2D eigenvalue weighted by Crippen LogP contribution is 2.18. The Balaban J connectivity index is 3.86. The zero-order valence-corrected chi connectivity index (χ0v) is 12.7. The Bertz CT molecular complexity index is 193. The summed E-state index contributed by atoms with van der Waals surface area (Å²) in [4.78, 5) is 11.6. The van der Waals surface area contributed by atoms with Crippen LogP contribution in [-0.4, -0.2) is 17.8 Å². The second-order valence-electron chi connectivity index (χ2n) is 5.67. The summed E-state index contributed by atoms with van der Waals surface area (Å²) >= 11 is 3.46. The van der Waals surface area contributed by atoms with Crippen LogP contribution >= 0.6 is 15.9 Å². The predicted octanol–water partition coefficient (Wildman–Crippen LogP) is 3.74. The van der Waals surface area contributed by atoms with Crippen LogP contribution in [0.15, 0.2) is 0 Å². The molecular weight excluding hydrogens is 266 g/mol. The molecule has 0 saturated carbocycles. The van der Waals surface area contributed by atoms with Gasteiger partial charge in [0.15, 0.2) is 0 Å². The molecule has 1 amide bonds. The standard InChI is InChI=1S/C13H26BrNO/c1-5-6-11(7-8-14)10-15-12(16)9-13(2,3)4/h11H,5-10H2,1-4H3,(H,15,16). The molecule has 0 bridgehead atoms. The van der Waals surface area contributed by atoms with E-state index in [2.05, 4.69) is 48.9 Å². The molecule has 0 spiro atoms. The lowest BCUT2D eigenvalue weighted by Gasteiger charge is -2.20. The highest BCUT2D eigenvalue weighted by molar-refractivity contribution is 9.09. The number of amides is 1. The molecule has 0 fully saturated rings. The van der Waals surface area contributed by atoms with Crippen LogP contribution in [0.5, 0.6) is 0 Å². The lowest BCUT2D eigenvalue weighted by molar-refractivity contribution is -0.123. The average Bonchev–Trinajstić information content (AvgIpc) is 2.12. The van der Waals surface area contributed by atoms with E-state index < -0.39 is 0 Å². The van der Waals surface area contributed by atoms with Crippen molar-refractivity contribution in [1.82, 2.24) is 5.32 Å². The number of alkyl halides is 1. The fraction of sp³-hybridized carbons (Fsp3) is 0.923. The number of carbonyl (C=O) groups excluding carboxylic acids is 1. The van der Waals surface area contributed by atoms with E-state index in [0.29, 0.717) is 12.3 Å². The molecule has 96 valence electrons. The molecule has 0 radical (unpaired) electrons. The van der Waals surface area contributed by atoms with Gasteiger partial charge in [0.25, 0.3) is 0 Å². The van der Waals surface area contributed by atoms with Crippen molar-refractivity contribution in [1.29, 1.82) is 0 Å². The van der Waals surface area contributed by atoms with Crippen molar-refractivity contribution in [2.75, 3.05) is 11.9 Å². The summed E-state index contributed by atoms with van der Waals surface area (Å²) in [6, 6.07) is 0. The maximum absolute atomic E-state index is 11.6. The number of hydrogen-bond acceptors (Lipinski definition) is 1. The molecule has 2 nitrogen and oxygen atoms in total. The highest BCUT2D eigenvalue weighted by Gasteiger charge is 2.16. The van der Waals surface area contributed by atoms with Gasteiger partial charge < -0.3 is 5.32 Å². The number of rotatable bonds is 7. The topological polar surface area (TPSA) is 29.1 Å². The molecule has 0 aliphatic heterocycles. The van der Waals surface area contributed by atoms with Crippen molar-refractivity contribution < 1.29 is 4.79 Å². The van der Waals surface area contributed by atoms with Crippen LogP contribution in [0.3, 0.4) is 0 Å². The molecule has 0 aromatic heterocycles.